The summed E-state index contributed by atoms with van der Waals surface area (Å²) in [4.78, 5) is 107. The maximum atomic E-state index is 15.1. The molecule has 10 atom stereocenters. The van der Waals surface area contributed by atoms with Crippen molar-refractivity contribution in [1.29, 1.82) is 0 Å². The van der Waals surface area contributed by atoms with Crippen LogP contribution in [0.1, 0.15) is 136 Å². The highest BCUT2D eigenvalue weighted by Gasteiger charge is 2.72. The molecule has 1 saturated heterocycles. The zero-order chi connectivity index (χ0) is 54.3. The second kappa shape index (κ2) is 23.7. The molecule has 2 bridgehead atoms. The largest absolute Gasteiger partial charge is 0.462 e. The van der Waals surface area contributed by atoms with E-state index in [-0.39, 0.29) is 56.9 Å². The molecule has 74 heavy (non-hydrogen) atoms. The van der Waals surface area contributed by atoms with Crippen molar-refractivity contribution >= 4 is 47.6 Å². The van der Waals surface area contributed by atoms with Crippen LogP contribution in [0, 0.1) is 22.7 Å². The number of fused-ring (bicyclic) bond motifs is 5. The Kier molecular flexibility index (Phi) is 18.3. The third-order valence-electron chi connectivity index (χ3n) is 14.6. The molecule has 0 aromatic heterocycles. The molecule has 6 rings (SSSR count). The standard InChI is InChI=1S/C55H71NO18/c1-31-38-27-41(60)54(10)25-24-42-55(30-68-42,73-34(4)59)48(54)46(72-49(63)36-20-15-12-16-21-36)39(53(38,8)9)26-40(31)70-50(64)47(45(35-18-13-11-14-19-35)56-51(65)74-52(5,6)7)71-44(62)23-17-22-43(61)69-37(28-66-32(2)57)29-67-33(3)58/h11-16,18-21,37,39-40,42,45-48,51,56,65H,17,22-30H2,1-10H3/t39?,40-,42+,45-,46+,47?,48?,51?,54-,55-/m0/s1. The summed E-state index contributed by atoms with van der Waals surface area (Å²) in [6.07, 6.45) is -7.52. The number of aliphatic hydroxyl groups excluding tert-OH is 1. The minimum atomic E-state index is -1.82. The molecule has 19 nitrogen and oxygen atoms in total. The summed E-state index contributed by atoms with van der Waals surface area (Å²) in [5, 5.41) is 14.2. The number of carbonyl (C=O) groups is 8. The summed E-state index contributed by atoms with van der Waals surface area (Å²) in [5.41, 5.74) is -2.36. The maximum Gasteiger partial charge on any atom is 0.350 e. The Morgan fingerprint density at radius 2 is 1.42 bits per heavy atom. The second-order valence-corrected chi connectivity index (χ2v) is 21.4. The van der Waals surface area contributed by atoms with E-state index < -0.39 is 125 Å². The molecule has 2 saturated carbocycles. The van der Waals surface area contributed by atoms with Crippen molar-refractivity contribution in [1.82, 2.24) is 5.32 Å². The Morgan fingerprint density at radius 3 is 1.97 bits per heavy atom. The number of rotatable bonds is 20. The molecule has 4 aliphatic rings. The molecule has 0 radical (unpaired) electrons. The van der Waals surface area contributed by atoms with Crippen molar-refractivity contribution in [3.63, 3.8) is 0 Å². The number of hydrogen-bond acceptors (Lipinski definition) is 19. The van der Waals surface area contributed by atoms with Gasteiger partial charge in [0.1, 0.15) is 37.3 Å². The first-order valence-electron chi connectivity index (χ1n) is 25.1. The molecule has 19 heteroatoms. The van der Waals surface area contributed by atoms with Gasteiger partial charge in [-0.1, -0.05) is 74.9 Å². The molecule has 2 aromatic rings. The number of aliphatic hydroxyl groups is 1. The fourth-order valence-electron chi connectivity index (χ4n) is 11.0. The van der Waals surface area contributed by atoms with Crippen LogP contribution >= 0.6 is 0 Å². The topological polar surface area (TPSA) is 252 Å². The lowest BCUT2D eigenvalue weighted by molar-refractivity contribution is -0.319. The van der Waals surface area contributed by atoms with E-state index in [0.717, 1.165) is 13.8 Å². The Bertz CT molecular complexity index is 2410. The number of esters is 7. The highest BCUT2D eigenvalue weighted by Crippen LogP contribution is 2.63. The van der Waals surface area contributed by atoms with Gasteiger partial charge in [-0.15, -0.1) is 0 Å². The highest BCUT2D eigenvalue weighted by atomic mass is 16.6. The van der Waals surface area contributed by atoms with Gasteiger partial charge in [0, 0.05) is 51.4 Å². The summed E-state index contributed by atoms with van der Waals surface area (Å²) in [6, 6.07) is 15.5. The Balaban J connectivity index is 1.36. The van der Waals surface area contributed by atoms with Gasteiger partial charge in [-0.3, -0.25) is 34.1 Å². The summed E-state index contributed by atoms with van der Waals surface area (Å²) in [7, 11) is 0. The predicted octanol–water partition coefficient (Wildman–Crippen LogP) is 6.12. The first-order chi connectivity index (χ1) is 34.7. The monoisotopic (exact) mass is 1030 g/mol. The first kappa shape index (κ1) is 57.3. The molecule has 1 heterocycles. The number of ketones is 1. The number of ether oxygens (including phenoxy) is 9. The van der Waals surface area contributed by atoms with Gasteiger partial charge in [-0.2, -0.15) is 0 Å². The number of nitrogens with one attached hydrogen (secondary N) is 1. The number of Topliss-reactive ketones (excluding diaryl/α,β-unsaturated/α-hetero) is 1. The Labute approximate surface area is 431 Å². The number of allylic oxidation sites excluding steroid dienone is 1. The van der Waals surface area contributed by atoms with Gasteiger partial charge in [0.05, 0.1) is 29.7 Å². The van der Waals surface area contributed by atoms with Crippen LogP contribution < -0.4 is 5.32 Å². The Morgan fingerprint density at radius 1 is 0.824 bits per heavy atom. The van der Waals surface area contributed by atoms with E-state index in [2.05, 4.69) is 5.32 Å². The van der Waals surface area contributed by atoms with Gasteiger partial charge in [-0.05, 0) is 82.1 Å². The van der Waals surface area contributed by atoms with Gasteiger partial charge in [0.15, 0.2) is 11.7 Å². The number of benzene rings is 2. The van der Waals surface area contributed by atoms with Crippen LogP contribution in [0.15, 0.2) is 71.8 Å². The average molecular weight is 1030 g/mol. The molecule has 0 amide bonds. The van der Waals surface area contributed by atoms with Crippen molar-refractivity contribution in [3.8, 4) is 0 Å². The lowest BCUT2D eigenvalue weighted by atomic mass is 9.47. The molecule has 3 aliphatic carbocycles. The molecule has 2 aromatic carbocycles. The van der Waals surface area contributed by atoms with Crippen molar-refractivity contribution in [3.05, 3.63) is 82.9 Å². The lowest BCUT2D eigenvalue weighted by Gasteiger charge is -2.64. The van der Waals surface area contributed by atoms with Gasteiger partial charge < -0.3 is 47.7 Å². The van der Waals surface area contributed by atoms with E-state index in [4.69, 9.17) is 42.6 Å². The molecule has 0 spiro atoms. The van der Waals surface area contributed by atoms with E-state index in [1.807, 2.05) is 20.8 Å². The molecule has 4 unspecified atom stereocenters. The van der Waals surface area contributed by atoms with Crippen LogP contribution in [0.25, 0.3) is 0 Å². The van der Waals surface area contributed by atoms with Crippen LogP contribution in [-0.2, 0) is 76.2 Å². The molecular weight excluding hydrogens is 963 g/mol. The van der Waals surface area contributed by atoms with Crippen molar-refractivity contribution in [2.24, 2.45) is 22.7 Å². The summed E-state index contributed by atoms with van der Waals surface area (Å²) < 4.78 is 52.5. The SMILES string of the molecule is CC(=O)OCC(COC(C)=O)OC(=O)CCCC(=O)OC(C(=O)O[C@H]1CC2[C@@H](OC(=O)c3ccccc3)C3[C@@](C)(CC[C@H]4OC[C@@]34OC(C)=O)C(=O)CC(=C1C)C2(C)C)[C@@H](NC(O)OC(C)(C)C)c1ccccc1. The summed E-state index contributed by atoms with van der Waals surface area (Å²) in [5.74, 6) is -7.06. The van der Waals surface area contributed by atoms with Gasteiger partial charge in [0.25, 0.3) is 0 Å². The third-order valence-corrected chi connectivity index (χ3v) is 14.6. The summed E-state index contributed by atoms with van der Waals surface area (Å²) in [6.45, 7) is 15.5. The van der Waals surface area contributed by atoms with Crippen molar-refractivity contribution in [2.45, 2.75) is 168 Å². The minimum absolute atomic E-state index is 0.0307. The van der Waals surface area contributed by atoms with E-state index in [9.17, 15) is 33.9 Å². The van der Waals surface area contributed by atoms with Gasteiger partial charge >= 0.3 is 41.8 Å². The van der Waals surface area contributed by atoms with E-state index in [1.54, 1.807) is 88.4 Å². The molecule has 404 valence electrons. The van der Waals surface area contributed by atoms with Crippen LogP contribution in [0.3, 0.4) is 0 Å². The van der Waals surface area contributed by atoms with Gasteiger partial charge in [0.2, 0.25) is 12.5 Å². The fraction of sp³-hybridized carbons (Fsp3) is 0.600. The predicted molar refractivity (Wildman–Crippen MR) is 261 cm³/mol. The van der Waals surface area contributed by atoms with Crippen LogP contribution in [0.5, 0.6) is 0 Å². The Hall–Kier alpha value is -6.02. The average Bonchev–Trinajstić information content (AvgIpc) is 3.31. The second-order valence-electron chi connectivity index (χ2n) is 21.4. The van der Waals surface area contributed by atoms with Crippen molar-refractivity contribution in [2.75, 3.05) is 19.8 Å². The zero-order valence-corrected chi connectivity index (χ0v) is 43.9. The number of hydrogen-bond donors (Lipinski definition) is 2. The molecule has 1 aliphatic heterocycles. The number of carbonyl (C=O) groups excluding carboxylic acids is 8. The van der Waals surface area contributed by atoms with E-state index in [1.165, 1.54) is 6.92 Å². The van der Waals surface area contributed by atoms with Crippen LogP contribution in [0.2, 0.25) is 0 Å². The van der Waals surface area contributed by atoms with Crippen molar-refractivity contribution < 1.29 is 86.1 Å². The zero-order valence-electron chi connectivity index (χ0n) is 43.9. The summed E-state index contributed by atoms with van der Waals surface area (Å²) >= 11 is 0. The fourth-order valence-corrected chi connectivity index (χ4v) is 11.0. The molecular formula is C55H71NO18. The smallest absolute Gasteiger partial charge is 0.350 e. The first-order valence-corrected chi connectivity index (χ1v) is 25.1. The maximum absolute atomic E-state index is 15.1. The van der Waals surface area contributed by atoms with Gasteiger partial charge in [-0.25, -0.2) is 9.59 Å². The molecule has 2 N–H and O–H groups in total. The quantitative estimate of drug-likeness (QED) is 0.0656. The highest BCUT2D eigenvalue weighted by molar-refractivity contribution is 5.91. The van der Waals surface area contributed by atoms with E-state index in [0.29, 0.717) is 29.6 Å². The lowest BCUT2D eigenvalue weighted by Crippen LogP contribution is -2.75. The normalized spacial score (nSPS) is 26.2. The third kappa shape index (κ3) is 13.4. The molecule has 3 fully saturated rings. The van der Waals surface area contributed by atoms with E-state index >= 15 is 9.59 Å². The minimum Gasteiger partial charge on any atom is -0.462 e. The van der Waals surface area contributed by atoms with Crippen LogP contribution in [0.4, 0.5) is 0 Å². The van der Waals surface area contributed by atoms with Crippen LogP contribution in [-0.4, -0.2) is 121 Å².